The molecule has 0 aromatic carbocycles. The molecule has 0 radical (unpaired) electrons. The zero-order chi connectivity index (χ0) is 11.1. The van der Waals surface area contributed by atoms with Gasteiger partial charge in [0.2, 0.25) is 0 Å². The fourth-order valence-electron chi connectivity index (χ4n) is 2.73. The average Bonchev–Trinajstić information content (AvgIpc) is 2.80. The van der Waals surface area contributed by atoms with Crippen molar-refractivity contribution in [3.05, 3.63) is 15.9 Å². The molecule has 2 aliphatic rings. The van der Waals surface area contributed by atoms with Crippen molar-refractivity contribution in [2.24, 2.45) is 0 Å². The molecular formula is C11H17BrN4. The van der Waals surface area contributed by atoms with Crippen LogP contribution < -0.4 is 5.32 Å². The van der Waals surface area contributed by atoms with Crippen LogP contribution in [0.5, 0.6) is 0 Å². The summed E-state index contributed by atoms with van der Waals surface area (Å²) in [7, 11) is 2.17. The summed E-state index contributed by atoms with van der Waals surface area (Å²) >= 11 is 3.59. The number of halogens is 1. The van der Waals surface area contributed by atoms with E-state index in [0.29, 0.717) is 6.04 Å². The summed E-state index contributed by atoms with van der Waals surface area (Å²) in [4.78, 5) is 2.34. The molecule has 1 fully saturated rings. The Morgan fingerprint density at radius 1 is 1.31 bits per heavy atom. The van der Waals surface area contributed by atoms with E-state index in [0.717, 1.165) is 30.8 Å². The molecule has 2 aliphatic heterocycles. The minimum Gasteiger partial charge on any atom is -0.317 e. The van der Waals surface area contributed by atoms with Crippen LogP contribution in [0.15, 0.2) is 4.60 Å². The third kappa shape index (κ3) is 1.71. The highest BCUT2D eigenvalue weighted by molar-refractivity contribution is 9.10. The van der Waals surface area contributed by atoms with Crippen LogP contribution in [0.2, 0.25) is 0 Å². The lowest BCUT2D eigenvalue weighted by atomic mass is 10.1. The van der Waals surface area contributed by atoms with Crippen molar-refractivity contribution in [1.29, 1.82) is 0 Å². The summed E-state index contributed by atoms with van der Waals surface area (Å²) in [6, 6.07) is 0.591. The Morgan fingerprint density at radius 3 is 2.81 bits per heavy atom. The molecular weight excluding hydrogens is 268 g/mol. The van der Waals surface area contributed by atoms with E-state index in [-0.39, 0.29) is 0 Å². The second-order valence-corrected chi connectivity index (χ2v) is 5.57. The van der Waals surface area contributed by atoms with Gasteiger partial charge in [-0.3, -0.25) is 9.58 Å². The van der Waals surface area contributed by atoms with Crippen LogP contribution in [-0.2, 0) is 13.1 Å². The van der Waals surface area contributed by atoms with Crippen LogP contribution in [0.4, 0.5) is 0 Å². The summed E-state index contributed by atoms with van der Waals surface area (Å²) in [5.74, 6) is 0. The lowest BCUT2D eigenvalue weighted by molar-refractivity contribution is 0.305. The van der Waals surface area contributed by atoms with Crippen molar-refractivity contribution in [2.45, 2.75) is 32.0 Å². The maximum absolute atomic E-state index is 4.67. The Balaban J connectivity index is 1.93. The highest BCUT2D eigenvalue weighted by Gasteiger charge is 2.28. The Bertz CT molecular complexity index is 395. The molecule has 0 saturated carbocycles. The van der Waals surface area contributed by atoms with Gasteiger partial charge in [0.05, 0.1) is 11.7 Å². The first-order chi connectivity index (χ1) is 7.75. The van der Waals surface area contributed by atoms with Gasteiger partial charge in [0.15, 0.2) is 0 Å². The lowest BCUT2D eigenvalue weighted by Crippen LogP contribution is -2.30. The van der Waals surface area contributed by atoms with Crippen molar-refractivity contribution < 1.29 is 0 Å². The SMILES string of the molecule is CN1Cc2c(Br)nn(C3CCNCC3)c2C1. The van der Waals surface area contributed by atoms with Gasteiger partial charge >= 0.3 is 0 Å². The minimum atomic E-state index is 0.591. The summed E-state index contributed by atoms with van der Waals surface area (Å²) in [6.07, 6.45) is 2.40. The zero-order valence-electron chi connectivity index (χ0n) is 9.54. The molecule has 0 aliphatic carbocycles. The smallest absolute Gasteiger partial charge is 0.132 e. The number of hydrogen-bond acceptors (Lipinski definition) is 3. The number of rotatable bonds is 1. The number of aromatic nitrogens is 2. The molecule has 1 aromatic rings. The summed E-state index contributed by atoms with van der Waals surface area (Å²) in [6.45, 7) is 4.30. The van der Waals surface area contributed by atoms with Gasteiger partial charge in [-0.05, 0) is 48.9 Å². The van der Waals surface area contributed by atoms with Crippen LogP contribution in [0.3, 0.4) is 0 Å². The number of hydrogen-bond donors (Lipinski definition) is 1. The average molecular weight is 285 g/mol. The lowest BCUT2D eigenvalue weighted by Gasteiger charge is -2.24. The first-order valence-electron chi connectivity index (χ1n) is 5.90. The number of nitrogens with one attached hydrogen (secondary N) is 1. The minimum absolute atomic E-state index is 0.591. The summed E-state index contributed by atoms with van der Waals surface area (Å²) < 4.78 is 3.31. The predicted molar refractivity (Wildman–Crippen MR) is 66.2 cm³/mol. The molecule has 88 valence electrons. The zero-order valence-corrected chi connectivity index (χ0v) is 11.1. The van der Waals surface area contributed by atoms with Crippen molar-refractivity contribution in [2.75, 3.05) is 20.1 Å². The van der Waals surface area contributed by atoms with E-state index in [1.807, 2.05) is 0 Å². The summed E-state index contributed by atoms with van der Waals surface area (Å²) in [5.41, 5.74) is 2.81. The van der Waals surface area contributed by atoms with E-state index in [4.69, 9.17) is 0 Å². The molecule has 0 amide bonds. The molecule has 0 spiro atoms. The number of nitrogens with zero attached hydrogens (tertiary/aromatic N) is 3. The molecule has 0 atom stereocenters. The Kier molecular flexibility index (Phi) is 2.77. The van der Waals surface area contributed by atoms with Gasteiger partial charge in [-0.15, -0.1) is 0 Å². The molecule has 1 aromatic heterocycles. The molecule has 1 saturated heterocycles. The van der Waals surface area contributed by atoms with Crippen LogP contribution in [0.25, 0.3) is 0 Å². The van der Waals surface area contributed by atoms with Gasteiger partial charge in [-0.2, -0.15) is 5.10 Å². The van der Waals surface area contributed by atoms with E-state index in [1.54, 1.807) is 0 Å². The van der Waals surface area contributed by atoms with E-state index < -0.39 is 0 Å². The van der Waals surface area contributed by atoms with Crippen molar-refractivity contribution in [1.82, 2.24) is 20.0 Å². The highest BCUT2D eigenvalue weighted by Crippen LogP contribution is 2.32. The molecule has 3 heterocycles. The third-order valence-corrected chi connectivity index (χ3v) is 4.21. The molecule has 1 N–H and O–H groups in total. The second-order valence-electron chi connectivity index (χ2n) is 4.81. The van der Waals surface area contributed by atoms with Gasteiger partial charge in [-0.25, -0.2) is 0 Å². The Morgan fingerprint density at radius 2 is 2.06 bits per heavy atom. The Hall–Kier alpha value is -0.390. The van der Waals surface area contributed by atoms with Crippen molar-refractivity contribution >= 4 is 15.9 Å². The van der Waals surface area contributed by atoms with Gasteiger partial charge in [-0.1, -0.05) is 0 Å². The molecule has 5 heteroatoms. The standard InChI is InChI=1S/C11H17BrN4/c1-15-6-9-10(7-15)16(14-11(9)12)8-2-4-13-5-3-8/h8,13H,2-7H2,1H3. The first-order valence-corrected chi connectivity index (χ1v) is 6.70. The molecule has 0 bridgehead atoms. The van der Waals surface area contributed by atoms with E-state index in [9.17, 15) is 0 Å². The third-order valence-electron chi connectivity index (χ3n) is 3.57. The quantitative estimate of drug-likeness (QED) is 0.849. The maximum atomic E-state index is 4.67. The summed E-state index contributed by atoms with van der Waals surface area (Å²) in [5, 5.41) is 8.07. The maximum Gasteiger partial charge on any atom is 0.132 e. The first kappa shape index (κ1) is 10.7. The van der Waals surface area contributed by atoms with Crippen LogP contribution in [0.1, 0.15) is 30.1 Å². The van der Waals surface area contributed by atoms with E-state index in [2.05, 4.69) is 43.0 Å². The largest absolute Gasteiger partial charge is 0.317 e. The topological polar surface area (TPSA) is 33.1 Å². The second kappa shape index (κ2) is 4.13. The van der Waals surface area contributed by atoms with Crippen molar-refractivity contribution in [3.63, 3.8) is 0 Å². The van der Waals surface area contributed by atoms with E-state index in [1.165, 1.54) is 24.1 Å². The van der Waals surface area contributed by atoms with Gasteiger partial charge < -0.3 is 5.32 Å². The molecule has 0 unspecified atom stereocenters. The molecule has 3 rings (SSSR count). The van der Waals surface area contributed by atoms with Crippen LogP contribution >= 0.6 is 15.9 Å². The van der Waals surface area contributed by atoms with Gasteiger partial charge in [0.1, 0.15) is 4.60 Å². The van der Waals surface area contributed by atoms with Gasteiger partial charge in [0, 0.05) is 18.7 Å². The fraction of sp³-hybridized carbons (Fsp3) is 0.727. The number of piperidine rings is 1. The molecule has 16 heavy (non-hydrogen) atoms. The highest BCUT2D eigenvalue weighted by atomic mass is 79.9. The predicted octanol–water partition coefficient (Wildman–Crippen LogP) is 1.52. The number of fused-ring (bicyclic) bond motifs is 1. The Labute approximate surface area is 104 Å². The fourth-order valence-corrected chi connectivity index (χ4v) is 3.26. The van der Waals surface area contributed by atoms with Crippen LogP contribution in [0, 0.1) is 0 Å². The monoisotopic (exact) mass is 284 g/mol. The van der Waals surface area contributed by atoms with Crippen LogP contribution in [-0.4, -0.2) is 34.8 Å². The van der Waals surface area contributed by atoms with Crippen molar-refractivity contribution in [3.8, 4) is 0 Å². The van der Waals surface area contributed by atoms with E-state index >= 15 is 0 Å². The normalized spacial score (nSPS) is 22.6. The molecule has 4 nitrogen and oxygen atoms in total. The van der Waals surface area contributed by atoms with Gasteiger partial charge in [0.25, 0.3) is 0 Å².